The topological polar surface area (TPSA) is 61.4 Å². The van der Waals surface area contributed by atoms with Crippen LogP contribution in [0, 0.1) is 0 Å². The zero-order valence-electron chi connectivity index (χ0n) is 11.4. The molecule has 3 N–H and O–H groups in total. The molecule has 0 aromatic carbocycles. The Kier molecular flexibility index (Phi) is 4.62. The van der Waals surface area contributed by atoms with E-state index >= 15 is 0 Å². The lowest BCUT2D eigenvalue weighted by molar-refractivity contribution is -0.124. The summed E-state index contributed by atoms with van der Waals surface area (Å²) < 4.78 is 0. The summed E-state index contributed by atoms with van der Waals surface area (Å²) in [4.78, 5) is 12.1. The second-order valence-electron chi connectivity index (χ2n) is 6.00. The summed E-state index contributed by atoms with van der Waals surface area (Å²) >= 11 is 0. The number of hydrogen-bond acceptors (Lipinski definition) is 3. The highest BCUT2D eigenvalue weighted by Gasteiger charge is 2.38. The van der Waals surface area contributed by atoms with Gasteiger partial charge in [0.05, 0.1) is 12.6 Å². The molecule has 18 heavy (non-hydrogen) atoms. The first-order chi connectivity index (χ1) is 8.65. The number of rotatable bonds is 5. The predicted octanol–water partition coefficient (Wildman–Crippen LogP) is 1.33. The van der Waals surface area contributed by atoms with Crippen LogP contribution in [0.1, 0.15) is 58.3 Å². The third-order valence-corrected chi connectivity index (χ3v) is 4.48. The van der Waals surface area contributed by atoms with Crippen LogP contribution >= 0.6 is 0 Å². The van der Waals surface area contributed by atoms with Crippen molar-refractivity contribution in [2.75, 3.05) is 6.61 Å². The third-order valence-electron chi connectivity index (χ3n) is 4.48. The van der Waals surface area contributed by atoms with Crippen molar-refractivity contribution >= 4 is 5.91 Å². The Balaban J connectivity index is 1.77. The normalized spacial score (nSPS) is 25.2. The molecule has 0 heterocycles. The number of carbonyl (C=O) groups excluding carboxylic acids is 1. The molecule has 0 aromatic heterocycles. The van der Waals surface area contributed by atoms with Gasteiger partial charge in [0.2, 0.25) is 5.91 Å². The lowest BCUT2D eigenvalue weighted by Gasteiger charge is -2.43. The molecule has 0 radical (unpaired) electrons. The van der Waals surface area contributed by atoms with Crippen LogP contribution in [0.5, 0.6) is 0 Å². The molecular formula is C14H26N2O2. The van der Waals surface area contributed by atoms with Crippen LogP contribution in [0.25, 0.3) is 0 Å². The molecule has 2 aliphatic rings. The van der Waals surface area contributed by atoms with Crippen molar-refractivity contribution in [3.8, 4) is 0 Å². The first-order valence-electron chi connectivity index (χ1n) is 7.34. The molecular weight excluding hydrogens is 228 g/mol. The Labute approximate surface area is 110 Å². The highest BCUT2D eigenvalue weighted by Crippen LogP contribution is 2.31. The quantitative estimate of drug-likeness (QED) is 0.693. The molecule has 104 valence electrons. The first kappa shape index (κ1) is 13.8. The Bertz CT molecular complexity index is 278. The van der Waals surface area contributed by atoms with Crippen molar-refractivity contribution in [2.24, 2.45) is 0 Å². The van der Waals surface area contributed by atoms with E-state index in [4.69, 9.17) is 0 Å². The van der Waals surface area contributed by atoms with Gasteiger partial charge in [0, 0.05) is 11.6 Å². The third kappa shape index (κ3) is 3.23. The van der Waals surface area contributed by atoms with E-state index in [1.165, 1.54) is 19.3 Å². The Morgan fingerprint density at radius 3 is 2.44 bits per heavy atom. The van der Waals surface area contributed by atoms with E-state index < -0.39 is 0 Å². The lowest BCUT2D eigenvalue weighted by Crippen LogP contribution is -2.60. The number of nitrogens with one attached hydrogen (secondary N) is 2. The molecule has 0 aliphatic heterocycles. The van der Waals surface area contributed by atoms with Gasteiger partial charge in [-0.1, -0.05) is 19.3 Å². The average molecular weight is 254 g/mol. The Morgan fingerprint density at radius 1 is 1.28 bits per heavy atom. The zero-order chi connectivity index (χ0) is 13.0. The smallest absolute Gasteiger partial charge is 0.237 e. The van der Waals surface area contributed by atoms with Gasteiger partial charge in [-0.2, -0.15) is 0 Å². The SMILES string of the molecule is CC(NC1(CO)CCC1)C(=O)NC1CCCCC1. The highest BCUT2D eigenvalue weighted by molar-refractivity contribution is 5.81. The van der Waals surface area contributed by atoms with Gasteiger partial charge in [0.25, 0.3) is 0 Å². The van der Waals surface area contributed by atoms with E-state index in [0.29, 0.717) is 6.04 Å². The van der Waals surface area contributed by atoms with Gasteiger partial charge < -0.3 is 10.4 Å². The number of carbonyl (C=O) groups is 1. The second kappa shape index (κ2) is 6.02. The summed E-state index contributed by atoms with van der Waals surface area (Å²) in [5, 5.41) is 15.8. The molecule has 1 atom stereocenters. The van der Waals surface area contributed by atoms with Crippen molar-refractivity contribution < 1.29 is 9.90 Å². The summed E-state index contributed by atoms with van der Waals surface area (Å²) in [6.07, 6.45) is 9.08. The highest BCUT2D eigenvalue weighted by atomic mass is 16.3. The monoisotopic (exact) mass is 254 g/mol. The van der Waals surface area contributed by atoms with Crippen molar-refractivity contribution in [1.82, 2.24) is 10.6 Å². The summed E-state index contributed by atoms with van der Waals surface area (Å²) in [6.45, 7) is 2.03. The van der Waals surface area contributed by atoms with Gasteiger partial charge in [-0.15, -0.1) is 0 Å². The van der Waals surface area contributed by atoms with E-state index in [1.807, 2.05) is 6.92 Å². The van der Waals surface area contributed by atoms with E-state index in [0.717, 1.165) is 32.1 Å². The largest absolute Gasteiger partial charge is 0.394 e. The molecule has 1 amide bonds. The van der Waals surface area contributed by atoms with Crippen LogP contribution in [0.3, 0.4) is 0 Å². The van der Waals surface area contributed by atoms with Gasteiger partial charge in [0.1, 0.15) is 0 Å². The molecule has 4 nitrogen and oxygen atoms in total. The van der Waals surface area contributed by atoms with Crippen molar-refractivity contribution in [3.05, 3.63) is 0 Å². The van der Waals surface area contributed by atoms with Crippen LogP contribution in [-0.4, -0.2) is 35.2 Å². The predicted molar refractivity (Wildman–Crippen MR) is 71.3 cm³/mol. The van der Waals surface area contributed by atoms with Crippen LogP contribution in [0.2, 0.25) is 0 Å². The van der Waals surface area contributed by atoms with Gasteiger partial charge in [-0.3, -0.25) is 10.1 Å². The van der Waals surface area contributed by atoms with E-state index in [1.54, 1.807) is 0 Å². The van der Waals surface area contributed by atoms with E-state index in [9.17, 15) is 9.90 Å². The number of aliphatic hydroxyl groups excluding tert-OH is 1. The van der Waals surface area contributed by atoms with Gasteiger partial charge in [0.15, 0.2) is 0 Å². The second-order valence-corrected chi connectivity index (χ2v) is 6.00. The fourth-order valence-electron chi connectivity index (χ4n) is 3.05. The van der Waals surface area contributed by atoms with E-state index in [2.05, 4.69) is 10.6 Å². The summed E-state index contributed by atoms with van der Waals surface area (Å²) in [5.41, 5.74) is -0.191. The minimum absolute atomic E-state index is 0.0848. The van der Waals surface area contributed by atoms with Gasteiger partial charge in [-0.05, 0) is 39.0 Å². The minimum atomic E-state index is -0.209. The molecule has 2 aliphatic carbocycles. The molecule has 1 unspecified atom stereocenters. The first-order valence-corrected chi connectivity index (χ1v) is 7.34. The molecule has 2 saturated carbocycles. The zero-order valence-corrected chi connectivity index (χ0v) is 11.4. The van der Waals surface area contributed by atoms with Gasteiger partial charge in [-0.25, -0.2) is 0 Å². The summed E-state index contributed by atoms with van der Waals surface area (Å²) in [7, 11) is 0. The minimum Gasteiger partial charge on any atom is -0.394 e. The Morgan fingerprint density at radius 2 is 1.94 bits per heavy atom. The molecule has 0 bridgehead atoms. The summed E-state index contributed by atoms with van der Waals surface area (Å²) in [6, 6.07) is 0.154. The maximum atomic E-state index is 12.1. The maximum Gasteiger partial charge on any atom is 0.237 e. The molecule has 2 rings (SSSR count). The maximum absolute atomic E-state index is 12.1. The van der Waals surface area contributed by atoms with Crippen molar-refractivity contribution in [1.29, 1.82) is 0 Å². The number of amides is 1. The number of aliphatic hydroxyl groups is 1. The van der Waals surface area contributed by atoms with Crippen molar-refractivity contribution in [2.45, 2.75) is 75.9 Å². The van der Waals surface area contributed by atoms with Crippen LogP contribution in [0.4, 0.5) is 0 Å². The van der Waals surface area contributed by atoms with Crippen LogP contribution in [-0.2, 0) is 4.79 Å². The van der Waals surface area contributed by atoms with Gasteiger partial charge >= 0.3 is 0 Å². The molecule has 0 aromatic rings. The fourth-order valence-corrected chi connectivity index (χ4v) is 3.05. The van der Waals surface area contributed by atoms with Crippen LogP contribution in [0.15, 0.2) is 0 Å². The van der Waals surface area contributed by atoms with Crippen LogP contribution < -0.4 is 10.6 Å². The molecule has 4 heteroatoms. The molecule has 0 spiro atoms. The number of hydrogen-bond donors (Lipinski definition) is 3. The molecule has 2 fully saturated rings. The lowest BCUT2D eigenvalue weighted by atomic mass is 9.77. The summed E-state index contributed by atoms with van der Waals surface area (Å²) in [5.74, 6) is 0.0848. The average Bonchev–Trinajstić information content (AvgIpc) is 2.34. The molecule has 0 saturated heterocycles. The standard InChI is InChI=1S/C14H26N2O2/c1-11(16-14(10-17)8-5-9-14)13(18)15-12-6-3-2-4-7-12/h11-12,16-17H,2-10H2,1H3,(H,15,18). The Hall–Kier alpha value is -0.610. The van der Waals surface area contributed by atoms with E-state index in [-0.39, 0.29) is 24.1 Å². The van der Waals surface area contributed by atoms with Crippen molar-refractivity contribution in [3.63, 3.8) is 0 Å². The fraction of sp³-hybridized carbons (Fsp3) is 0.929.